The molecule has 0 aliphatic rings. The Morgan fingerprint density at radius 1 is 1.65 bits per heavy atom. The zero-order valence-electron chi connectivity index (χ0n) is 9.60. The molecule has 0 radical (unpaired) electrons. The summed E-state index contributed by atoms with van der Waals surface area (Å²) in [6, 6.07) is 0.559. The van der Waals surface area contributed by atoms with Crippen molar-refractivity contribution in [1.82, 2.24) is 10.5 Å². The molecule has 6 nitrogen and oxygen atoms in total. The van der Waals surface area contributed by atoms with Crippen LogP contribution < -0.4 is 5.32 Å². The van der Waals surface area contributed by atoms with E-state index in [0.29, 0.717) is 17.9 Å². The van der Waals surface area contributed by atoms with Gasteiger partial charge in [-0.3, -0.25) is 4.79 Å². The fraction of sp³-hybridized carbons (Fsp3) is 0.500. The van der Waals surface area contributed by atoms with E-state index in [9.17, 15) is 9.59 Å². The maximum absolute atomic E-state index is 11.6. The molecule has 1 aromatic heterocycles. The van der Waals surface area contributed by atoms with E-state index >= 15 is 0 Å². The highest BCUT2D eigenvalue weighted by atomic mass is 32.2. The number of thioether (sulfide) groups is 1. The number of carbonyl (C=O) groups excluding carboxylic acids is 1. The standard InChI is InChI=1S/C10H14N2O4S/c1-6-5-8(16-12-6)9(13)11-7(10(14)15)3-4-17-2/h5,7H,3-4H2,1-2H3,(H,11,13)(H,14,15)/t7-/m0/s1. The fourth-order valence-electron chi connectivity index (χ4n) is 1.19. The first-order valence-corrected chi connectivity index (χ1v) is 6.40. The van der Waals surface area contributed by atoms with Gasteiger partial charge in [0.2, 0.25) is 5.76 Å². The number of aryl methyl sites for hydroxylation is 1. The third-order valence-electron chi connectivity index (χ3n) is 2.07. The first-order valence-electron chi connectivity index (χ1n) is 5.00. The number of aromatic nitrogens is 1. The molecule has 0 aliphatic heterocycles. The van der Waals surface area contributed by atoms with Crippen LogP contribution in [0.15, 0.2) is 10.6 Å². The van der Waals surface area contributed by atoms with Crippen molar-refractivity contribution in [1.29, 1.82) is 0 Å². The summed E-state index contributed by atoms with van der Waals surface area (Å²) in [6.07, 6.45) is 2.25. The lowest BCUT2D eigenvalue weighted by Gasteiger charge is -2.12. The van der Waals surface area contributed by atoms with Crippen LogP contribution in [0.1, 0.15) is 22.7 Å². The summed E-state index contributed by atoms with van der Waals surface area (Å²) >= 11 is 1.52. The van der Waals surface area contributed by atoms with Crippen molar-refractivity contribution >= 4 is 23.6 Å². The normalized spacial score (nSPS) is 12.1. The zero-order chi connectivity index (χ0) is 12.8. The summed E-state index contributed by atoms with van der Waals surface area (Å²) in [6.45, 7) is 1.68. The Balaban J connectivity index is 2.60. The molecule has 1 rings (SSSR count). The molecule has 1 atom stereocenters. The Hall–Kier alpha value is -1.50. The summed E-state index contributed by atoms with van der Waals surface area (Å²) in [5.74, 6) is -0.923. The number of hydrogen-bond acceptors (Lipinski definition) is 5. The molecule has 7 heteroatoms. The Bertz CT molecular complexity index is 405. The van der Waals surface area contributed by atoms with Gasteiger partial charge in [-0.05, 0) is 25.4 Å². The van der Waals surface area contributed by atoms with Crippen molar-refractivity contribution in [2.75, 3.05) is 12.0 Å². The number of aliphatic carboxylic acids is 1. The lowest BCUT2D eigenvalue weighted by atomic mass is 10.2. The van der Waals surface area contributed by atoms with Crippen LogP contribution in [0.4, 0.5) is 0 Å². The molecule has 1 amide bonds. The number of nitrogens with one attached hydrogen (secondary N) is 1. The van der Waals surface area contributed by atoms with Gasteiger partial charge in [0.05, 0.1) is 5.69 Å². The molecule has 0 fully saturated rings. The number of carboxylic acids is 1. The van der Waals surface area contributed by atoms with E-state index in [1.165, 1.54) is 17.8 Å². The Labute approximate surface area is 103 Å². The molecular weight excluding hydrogens is 244 g/mol. The minimum Gasteiger partial charge on any atom is -0.480 e. The summed E-state index contributed by atoms with van der Waals surface area (Å²) in [5.41, 5.74) is 0.575. The van der Waals surface area contributed by atoms with Crippen LogP contribution >= 0.6 is 11.8 Å². The van der Waals surface area contributed by atoms with Gasteiger partial charge in [0.25, 0.3) is 5.91 Å². The van der Waals surface area contributed by atoms with Crippen LogP contribution in [0.3, 0.4) is 0 Å². The van der Waals surface area contributed by atoms with Crippen LogP contribution in [0.2, 0.25) is 0 Å². The van der Waals surface area contributed by atoms with Crippen LogP contribution in [0, 0.1) is 6.92 Å². The Morgan fingerprint density at radius 3 is 2.82 bits per heavy atom. The minimum atomic E-state index is -1.05. The molecule has 1 heterocycles. The summed E-state index contributed by atoms with van der Waals surface area (Å²) in [4.78, 5) is 22.5. The van der Waals surface area contributed by atoms with Crippen molar-refractivity contribution in [2.24, 2.45) is 0 Å². The van der Waals surface area contributed by atoms with Crippen molar-refractivity contribution in [3.63, 3.8) is 0 Å². The van der Waals surface area contributed by atoms with Crippen molar-refractivity contribution in [3.05, 3.63) is 17.5 Å². The first-order chi connectivity index (χ1) is 8.04. The second kappa shape index (κ2) is 6.29. The SMILES string of the molecule is CSCC[C@H](NC(=O)c1cc(C)no1)C(=O)O. The van der Waals surface area contributed by atoms with Crippen molar-refractivity contribution < 1.29 is 19.2 Å². The molecule has 0 aliphatic carbocycles. The number of carbonyl (C=O) groups is 2. The van der Waals surface area contributed by atoms with Crippen LogP contribution in [0.25, 0.3) is 0 Å². The quantitative estimate of drug-likeness (QED) is 0.788. The topological polar surface area (TPSA) is 92.4 Å². The molecule has 0 spiro atoms. The predicted molar refractivity (Wildman–Crippen MR) is 63.1 cm³/mol. The van der Waals surface area contributed by atoms with Gasteiger partial charge in [-0.25, -0.2) is 4.79 Å². The van der Waals surface area contributed by atoms with E-state index in [1.54, 1.807) is 6.92 Å². The number of amides is 1. The van der Waals surface area contributed by atoms with E-state index < -0.39 is 17.9 Å². The minimum absolute atomic E-state index is 0.0258. The number of carboxylic acid groups (broad SMARTS) is 1. The summed E-state index contributed by atoms with van der Waals surface area (Å²) in [5, 5.41) is 14.9. The van der Waals surface area contributed by atoms with Crippen LogP contribution in [0.5, 0.6) is 0 Å². The van der Waals surface area contributed by atoms with E-state index in [0.717, 1.165) is 0 Å². The van der Waals surface area contributed by atoms with E-state index in [2.05, 4.69) is 10.5 Å². The summed E-state index contributed by atoms with van der Waals surface area (Å²) < 4.78 is 4.75. The number of rotatable bonds is 6. The summed E-state index contributed by atoms with van der Waals surface area (Å²) in [7, 11) is 0. The Morgan fingerprint density at radius 2 is 2.35 bits per heavy atom. The predicted octanol–water partition coefficient (Wildman–Crippen LogP) is 0.919. The van der Waals surface area contributed by atoms with Gasteiger partial charge in [-0.1, -0.05) is 5.16 Å². The van der Waals surface area contributed by atoms with Gasteiger partial charge in [0.1, 0.15) is 6.04 Å². The highest BCUT2D eigenvalue weighted by Crippen LogP contribution is 2.05. The van der Waals surface area contributed by atoms with Crippen molar-refractivity contribution in [3.8, 4) is 0 Å². The average molecular weight is 258 g/mol. The van der Waals surface area contributed by atoms with Gasteiger partial charge in [-0.15, -0.1) is 0 Å². The maximum atomic E-state index is 11.6. The largest absolute Gasteiger partial charge is 0.480 e. The van der Waals surface area contributed by atoms with Gasteiger partial charge in [0.15, 0.2) is 0 Å². The van der Waals surface area contributed by atoms with Crippen LogP contribution in [-0.2, 0) is 4.79 Å². The van der Waals surface area contributed by atoms with Gasteiger partial charge in [0, 0.05) is 6.07 Å². The highest BCUT2D eigenvalue weighted by molar-refractivity contribution is 7.98. The Kier molecular flexibility index (Phi) is 5.02. The molecule has 2 N–H and O–H groups in total. The van der Waals surface area contributed by atoms with E-state index in [4.69, 9.17) is 9.63 Å². The number of nitrogens with zero attached hydrogens (tertiary/aromatic N) is 1. The van der Waals surface area contributed by atoms with Gasteiger partial charge >= 0.3 is 5.97 Å². The lowest BCUT2D eigenvalue weighted by molar-refractivity contribution is -0.139. The monoisotopic (exact) mass is 258 g/mol. The third kappa shape index (κ3) is 4.10. The highest BCUT2D eigenvalue weighted by Gasteiger charge is 2.22. The molecule has 94 valence electrons. The van der Waals surface area contributed by atoms with Crippen molar-refractivity contribution in [2.45, 2.75) is 19.4 Å². The van der Waals surface area contributed by atoms with Gasteiger partial charge in [-0.2, -0.15) is 11.8 Å². The molecule has 0 saturated carbocycles. The first kappa shape index (κ1) is 13.6. The molecule has 0 unspecified atom stereocenters. The zero-order valence-corrected chi connectivity index (χ0v) is 10.4. The average Bonchev–Trinajstić information content (AvgIpc) is 2.70. The molecule has 0 aromatic carbocycles. The molecule has 0 saturated heterocycles. The molecular formula is C10H14N2O4S. The molecule has 0 bridgehead atoms. The number of hydrogen-bond donors (Lipinski definition) is 2. The fourth-order valence-corrected chi connectivity index (χ4v) is 1.66. The lowest BCUT2D eigenvalue weighted by Crippen LogP contribution is -2.41. The smallest absolute Gasteiger partial charge is 0.326 e. The third-order valence-corrected chi connectivity index (χ3v) is 2.71. The van der Waals surface area contributed by atoms with E-state index in [1.807, 2.05) is 6.26 Å². The molecule has 1 aromatic rings. The van der Waals surface area contributed by atoms with Crippen LogP contribution in [-0.4, -0.2) is 40.2 Å². The maximum Gasteiger partial charge on any atom is 0.326 e. The second-order valence-corrected chi connectivity index (χ2v) is 4.46. The second-order valence-electron chi connectivity index (χ2n) is 3.48. The van der Waals surface area contributed by atoms with Gasteiger partial charge < -0.3 is 14.9 Å². The van der Waals surface area contributed by atoms with E-state index in [-0.39, 0.29) is 5.76 Å². The molecule has 17 heavy (non-hydrogen) atoms.